The zero-order chi connectivity index (χ0) is 22.8. The van der Waals surface area contributed by atoms with Crippen LogP contribution in [0.25, 0.3) is 0 Å². The molecule has 31 heavy (non-hydrogen) atoms. The van der Waals surface area contributed by atoms with E-state index in [0.717, 1.165) is 12.0 Å². The van der Waals surface area contributed by atoms with Crippen molar-refractivity contribution in [2.75, 3.05) is 12.3 Å². The van der Waals surface area contributed by atoms with E-state index in [1.807, 2.05) is 13.8 Å². The number of hydrogen-bond donors (Lipinski definition) is 0. The fraction of sp³-hybridized carbons (Fsp3) is 0.720. The van der Waals surface area contributed by atoms with Crippen molar-refractivity contribution in [3.05, 3.63) is 34.9 Å². The summed E-state index contributed by atoms with van der Waals surface area (Å²) >= 11 is 0. The average molecular weight is 450 g/mol. The summed E-state index contributed by atoms with van der Waals surface area (Å²) in [6.45, 7) is 10.0. The van der Waals surface area contributed by atoms with Crippen LogP contribution < -0.4 is 0 Å². The number of fused-ring (bicyclic) bond motifs is 1. The molecule has 3 rings (SSSR count). The fourth-order valence-corrected chi connectivity index (χ4v) is 6.61. The van der Waals surface area contributed by atoms with E-state index in [4.69, 9.17) is 4.74 Å². The van der Waals surface area contributed by atoms with E-state index < -0.39 is 27.5 Å². The van der Waals surface area contributed by atoms with E-state index in [2.05, 4.69) is 18.2 Å². The van der Waals surface area contributed by atoms with E-state index >= 15 is 0 Å². The SMILES string of the molecule is CC(C)C(CS(=O)(=O)N1CCc2cc(C3CCCCC3)ccc2C1)C(=O)OC(C)(C)C. The highest BCUT2D eigenvalue weighted by Crippen LogP contribution is 2.34. The number of esters is 1. The molecule has 2 aliphatic rings. The molecule has 0 saturated heterocycles. The first-order valence-corrected chi connectivity index (χ1v) is 13.4. The second-order valence-corrected chi connectivity index (χ2v) is 12.6. The van der Waals surface area contributed by atoms with Gasteiger partial charge in [-0.1, -0.05) is 51.3 Å². The van der Waals surface area contributed by atoms with Gasteiger partial charge in [0, 0.05) is 13.1 Å². The molecule has 174 valence electrons. The molecule has 0 radical (unpaired) electrons. The summed E-state index contributed by atoms with van der Waals surface area (Å²) in [4.78, 5) is 12.6. The zero-order valence-electron chi connectivity index (χ0n) is 19.8. The average Bonchev–Trinajstić information content (AvgIpc) is 2.70. The summed E-state index contributed by atoms with van der Waals surface area (Å²) in [7, 11) is -3.57. The highest BCUT2D eigenvalue weighted by Gasteiger charge is 2.36. The van der Waals surface area contributed by atoms with Gasteiger partial charge in [0.2, 0.25) is 10.0 Å². The molecule has 1 aliphatic heterocycles. The Hall–Kier alpha value is -1.40. The quantitative estimate of drug-likeness (QED) is 0.571. The Balaban J connectivity index is 1.71. The third-order valence-electron chi connectivity index (χ3n) is 6.58. The number of sulfonamides is 1. The number of carbonyl (C=O) groups excluding carboxylic acids is 1. The van der Waals surface area contributed by atoms with Gasteiger partial charge in [-0.05, 0) is 68.6 Å². The zero-order valence-corrected chi connectivity index (χ0v) is 20.6. The minimum atomic E-state index is -3.57. The molecular formula is C25H39NO4S. The van der Waals surface area contributed by atoms with E-state index in [1.165, 1.54) is 43.2 Å². The topological polar surface area (TPSA) is 63.7 Å². The lowest BCUT2D eigenvalue weighted by Crippen LogP contribution is -2.42. The van der Waals surface area contributed by atoms with E-state index in [0.29, 0.717) is 19.0 Å². The second-order valence-electron chi connectivity index (χ2n) is 10.6. The summed E-state index contributed by atoms with van der Waals surface area (Å²) in [6.07, 6.45) is 7.22. The van der Waals surface area contributed by atoms with Crippen molar-refractivity contribution in [2.45, 2.75) is 91.2 Å². The van der Waals surface area contributed by atoms with Gasteiger partial charge in [-0.25, -0.2) is 8.42 Å². The predicted molar refractivity (Wildman–Crippen MR) is 124 cm³/mol. The van der Waals surface area contributed by atoms with Crippen LogP contribution in [0.15, 0.2) is 18.2 Å². The first-order valence-electron chi connectivity index (χ1n) is 11.8. The van der Waals surface area contributed by atoms with Crippen molar-refractivity contribution in [3.63, 3.8) is 0 Å². The summed E-state index contributed by atoms with van der Waals surface area (Å²) in [6, 6.07) is 6.63. The molecule has 0 bridgehead atoms. The molecule has 1 fully saturated rings. The van der Waals surface area contributed by atoms with Gasteiger partial charge in [-0.2, -0.15) is 4.31 Å². The van der Waals surface area contributed by atoms with Gasteiger partial charge in [0.05, 0.1) is 11.7 Å². The Morgan fingerprint density at radius 1 is 1.13 bits per heavy atom. The molecule has 1 aliphatic carbocycles. The van der Waals surface area contributed by atoms with Gasteiger partial charge in [-0.3, -0.25) is 4.79 Å². The molecule has 1 unspecified atom stereocenters. The van der Waals surface area contributed by atoms with Crippen molar-refractivity contribution < 1.29 is 17.9 Å². The predicted octanol–water partition coefficient (Wildman–Crippen LogP) is 5.04. The largest absolute Gasteiger partial charge is 0.460 e. The maximum atomic E-state index is 13.2. The van der Waals surface area contributed by atoms with Crippen LogP contribution in [0.2, 0.25) is 0 Å². The molecule has 0 aromatic heterocycles. The highest BCUT2D eigenvalue weighted by molar-refractivity contribution is 7.89. The van der Waals surface area contributed by atoms with Crippen LogP contribution in [0.4, 0.5) is 0 Å². The van der Waals surface area contributed by atoms with Gasteiger partial charge in [0.25, 0.3) is 0 Å². The minimum Gasteiger partial charge on any atom is -0.460 e. The first kappa shape index (κ1) is 24.2. The Kier molecular flexibility index (Phi) is 7.52. The lowest BCUT2D eigenvalue weighted by Gasteiger charge is -2.32. The van der Waals surface area contributed by atoms with Crippen molar-refractivity contribution in [2.24, 2.45) is 11.8 Å². The number of rotatable bonds is 6. The molecule has 0 N–H and O–H groups in total. The van der Waals surface area contributed by atoms with E-state index in [9.17, 15) is 13.2 Å². The van der Waals surface area contributed by atoms with E-state index in [-0.39, 0.29) is 11.7 Å². The second kappa shape index (κ2) is 9.62. The Morgan fingerprint density at radius 3 is 2.42 bits per heavy atom. The van der Waals surface area contributed by atoms with Gasteiger partial charge in [0.1, 0.15) is 5.60 Å². The van der Waals surface area contributed by atoms with Crippen LogP contribution in [0.3, 0.4) is 0 Å². The molecule has 1 aromatic carbocycles. The van der Waals surface area contributed by atoms with Crippen molar-refractivity contribution in [1.29, 1.82) is 0 Å². The fourth-order valence-electron chi connectivity index (χ4n) is 4.72. The van der Waals surface area contributed by atoms with Crippen LogP contribution in [-0.4, -0.2) is 36.6 Å². The monoisotopic (exact) mass is 449 g/mol. The summed E-state index contributed by atoms with van der Waals surface area (Å²) in [5.41, 5.74) is 3.16. The van der Waals surface area contributed by atoms with Gasteiger partial charge >= 0.3 is 5.97 Å². The Bertz CT molecular complexity index is 879. The number of nitrogens with zero attached hydrogens (tertiary/aromatic N) is 1. The molecule has 1 aromatic rings. The normalized spacial score (nSPS) is 19.8. The summed E-state index contributed by atoms with van der Waals surface area (Å²) in [5.74, 6) is -0.754. The maximum absolute atomic E-state index is 13.2. The number of benzene rings is 1. The van der Waals surface area contributed by atoms with E-state index in [1.54, 1.807) is 25.1 Å². The smallest absolute Gasteiger partial charge is 0.310 e. The molecule has 1 heterocycles. The van der Waals surface area contributed by atoms with Crippen LogP contribution in [0.1, 0.15) is 89.3 Å². The van der Waals surface area contributed by atoms with Crippen LogP contribution in [-0.2, 0) is 32.5 Å². The standard InChI is InChI=1S/C25H39NO4S/c1-18(2)23(24(27)30-25(3,4)5)17-31(28,29)26-14-13-21-15-20(11-12-22(21)16-26)19-9-7-6-8-10-19/h11-12,15,18-19,23H,6-10,13-14,16-17H2,1-5H3. The van der Waals surface area contributed by atoms with Crippen LogP contribution >= 0.6 is 0 Å². The molecule has 6 heteroatoms. The molecular weight excluding hydrogens is 410 g/mol. The summed E-state index contributed by atoms with van der Waals surface area (Å²) < 4.78 is 33.5. The number of hydrogen-bond acceptors (Lipinski definition) is 4. The Labute approximate surface area is 188 Å². The third kappa shape index (κ3) is 6.32. The van der Waals surface area contributed by atoms with Gasteiger partial charge in [0.15, 0.2) is 0 Å². The van der Waals surface area contributed by atoms with Gasteiger partial charge in [-0.15, -0.1) is 0 Å². The summed E-state index contributed by atoms with van der Waals surface area (Å²) in [5, 5.41) is 0. The first-order chi connectivity index (χ1) is 14.5. The van der Waals surface area contributed by atoms with Gasteiger partial charge < -0.3 is 4.74 Å². The Morgan fingerprint density at radius 2 is 1.81 bits per heavy atom. The van der Waals surface area contributed by atoms with Crippen molar-refractivity contribution in [1.82, 2.24) is 4.31 Å². The minimum absolute atomic E-state index is 0.111. The number of carbonyl (C=O) groups is 1. The van der Waals surface area contributed by atoms with Crippen LogP contribution in [0.5, 0.6) is 0 Å². The molecule has 0 spiro atoms. The lowest BCUT2D eigenvalue weighted by molar-refractivity contribution is -0.160. The molecule has 5 nitrogen and oxygen atoms in total. The molecule has 1 atom stereocenters. The molecule has 1 saturated carbocycles. The van der Waals surface area contributed by atoms with Crippen LogP contribution in [0, 0.1) is 11.8 Å². The third-order valence-corrected chi connectivity index (χ3v) is 8.46. The number of ether oxygens (including phenoxy) is 1. The highest BCUT2D eigenvalue weighted by atomic mass is 32.2. The molecule has 0 amide bonds. The maximum Gasteiger partial charge on any atom is 0.310 e. The lowest BCUT2D eigenvalue weighted by atomic mass is 9.82. The van der Waals surface area contributed by atoms with Crippen molar-refractivity contribution >= 4 is 16.0 Å². The van der Waals surface area contributed by atoms with Crippen molar-refractivity contribution in [3.8, 4) is 0 Å².